The summed E-state index contributed by atoms with van der Waals surface area (Å²) in [5.41, 5.74) is 2.58. The predicted molar refractivity (Wildman–Crippen MR) is 172 cm³/mol. The Hall–Kier alpha value is -5.67. The van der Waals surface area contributed by atoms with Crippen molar-refractivity contribution in [3.8, 4) is 46.0 Å². The van der Waals surface area contributed by atoms with Crippen LogP contribution in [0.5, 0.6) is 23.3 Å². The average Bonchev–Trinajstić information content (AvgIpc) is 3.07. The van der Waals surface area contributed by atoms with Gasteiger partial charge in [-0.2, -0.15) is 26.8 Å². The number of ether oxygens (including phenoxy) is 2. The van der Waals surface area contributed by atoms with E-state index in [0.717, 1.165) is 23.3 Å². The van der Waals surface area contributed by atoms with Gasteiger partial charge in [-0.15, -0.1) is 0 Å². The van der Waals surface area contributed by atoms with E-state index < -0.39 is 30.0 Å². The van der Waals surface area contributed by atoms with E-state index in [1.165, 1.54) is 24.3 Å². The van der Waals surface area contributed by atoms with Gasteiger partial charge in [-0.1, -0.05) is 72.8 Å². The maximum Gasteiger partial charge on any atom is 0.326 e. The summed E-state index contributed by atoms with van der Waals surface area (Å²) in [4.78, 5) is 14.6. The lowest BCUT2D eigenvalue weighted by molar-refractivity contribution is 0.440. The third-order valence-electron chi connectivity index (χ3n) is 7.15. The molecular weight excluding hydrogens is 645 g/mol. The Bertz CT molecular complexity index is 2240. The number of nitrogens with zero attached hydrogens (tertiary/aromatic N) is 4. The highest BCUT2D eigenvalue weighted by atomic mass is 32.2. The van der Waals surface area contributed by atoms with E-state index in [1.807, 2.05) is 60.7 Å². The summed E-state index contributed by atoms with van der Waals surface area (Å²) in [6.07, 6.45) is 0. The molecular formula is C33H22N4O8S2. The van der Waals surface area contributed by atoms with Crippen LogP contribution in [0.4, 0.5) is 17.1 Å². The second-order valence-electron chi connectivity index (χ2n) is 10.2. The van der Waals surface area contributed by atoms with E-state index in [0.29, 0.717) is 28.7 Å². The molecule has 0 fully saturated rings. The van der Waals surface area contributed by atoms with Crippen molar-refractivity contribution in [3.05, 3.63) is 121 Å². The van der Waals surface area contributed by atoms with Gasteiger partial charge in [0.05, 0.1) is 26.9 Å². The molecule has 1 aromatic heterocycles. The number of aromatic nitrogens is 3. The lowest BCUT2D eigenvalue weighted by Crippen LogP contribution is -2.17. The van der Waals surface area contributed by atoms with Crippen LogP contribution in [-0.4, -0.2) is 40.9 Å². The molecule has 12 nitrogen and oxygen atoms in total. The number of rotatable bonds is 7. The van der Waals surface area contributed by atoms with E-state index in [9.17, 15) is 25.9 Å². The van der Waals surface area contributed by atoms with Crippen molar-refractivity contribution in [3.63, 3.8) is 0 Å². The summed E-state index contributed by atoms with van der Waals surface area (Å²) in [7, 11) is -9.22. The fourth-order valence-electron chi connectivity index (χ4n) is 5.01. The molecule has 2 heterocycles. The van der Waals surface area contributed by atoms with Gasteiger partial charge in [0.1, 0.15) is 0 Å². The molecule has 234 valence electrons. The van der Waals surface area contributed by atoms with Crippen molar-refractivity contribution in [1.29, 1.82) is 0 Å². The smallest absolute Gasteiger partial charge is 0.326 e. The Balaban J connectivity index is 1.39. The fourth-order valence-corrected chi connectivity index (χ4v) is 6.00. The van der Waals surface area contributed by atoms with Crippen LogP contribution in [0, 0.1) is 0 Å². The molecule has 1 aliphatic heterocycles. The lowest BCUT2D eigenvalue weighted by atomic mass is 10.1. The first-order valence-corrected chi connectivity index (χ1v) is 16.8. The Labute approximate surface area is 269 Å². The van der Waals surface area contributed by atoms with Crippen LogP contribution in [0.1, 0.15) is 0 Å². The third kappa shape index (κ3) is 6.01. The van der Waals surface area contributed by atoms with Crippen LogP contribution in [-0.2, 0) is 20.2 Å². The topological polar surface area (TPSA) is 169 Å². The largest absolute Gasteiger partial charge is 0.453 e. The molecule has 0 amide bonds. The van der Waals surface area contributed by atoms with Crippen LogP contribution in [0.15, 0.2) is 131 Å². The zero-order valence-corrected chi connectivity index (χ0v) is 25.6. The average molecular weight is 667 g/mol. The van der Waals surface area contributed by atoms with Crippen molar-refractivity contribution in [2.45, 2.75) is 9.79 Å². The monoisotopic (exact) mass is 666 g/mol. The predicted octanol–water partition coefficient (Wildman–Crippen LogP) is 7.07. The molecule has 47 heavy (non-hydrogen) atoms. The Morgan fingerprint density at radius 2 is 1.02 bits per heavy atom. The quantitative estimate of drug-likeness (QED) is 0.166. The first-order chi connectivity index (χ1) is 22.5. The van der Waals surface area contributed by atoms with Crippen LogP contribution in [0.3, 0.4) is 0 Å². The highest BCUT2D eigenvalue weighted by Crippen LogP contribution is 2.53. The molecule has 0 aliphatic carbocycles. The van der Waals surface area contributed by atoms with Crippen LogP contribution >= 0.6 is 0 Å². The zero-order valence-electron chi connectivity index (χ0n) is 24.0. The van der Waals surface area contributed by atoms with Gasteiger partial charge in [-0.3, -0.25) is 14.0 Å². The van der Waals surface area contributed by atoms with Gasteiger partial charge in [0.15, 0.2) is 28.9 Å². The van der Waals surface area contributed by atoms with Crippen molar-refractivity contribution in [1.82, 2.24) is 15.0 Å². The first-order valence-electron chi connectivity index (χ1n) is 13.9. The van der Waals surface area contributed by atoms with Crippen LogP contribution < -0.4 is 14.4 Å². The standard InChI is InChI=1S/C33H22N4O8S2/c38-46(39,40)23-15-17-26-29(19-23)44-30-20-24(47(41,42)43)16-18-27(30)37(26)25-13-7-8-14-28(25)45-33-35-31(21-9-3-1-4-10-21)34-32(36-33)22-11-5-2-6-12-22/h1-20H,(H,38,39,40)(H,41,42,43). The molecule has 0 unspecified atom stereocenters. The molecule has 0 bridgehead atoms. The first kappa shape index (κ1) is 30.0. The van der Waals surface area contributed by atoms with Gasteiger partial charge in [0, 0.05) is 23.3 Å². The fraction of sp³-hybridized carbons (Fsp3) is 0. The summed E-state index contributed by atoms with van der Waals surface area (Å²) >= 11 is 0. The van der Waals surface area contributed by atoms with Gasteiger partial charge in [-0.25, -0.2) is 4.98 Å². The highest BCUT2D eigenvalue weighted by molar-refractivity contribution is 7.86. The number of anilines is 3. The van der Waals surface area contributed by atoms with E-state index in [4.69, 9.17) is 9.47 Å². The summed E-state index contributed by atoms with van der Waals surface area (Å²) < 4.78 is 79.5. The molecule has 0 saturated heterocycles. The Morgan fingerprint density at radius 1 is 0.553 bits per heavy atom. The summed E-state index contributed by atoms with van der Waals surface area (Å²) in [6, 6.07) is 33.0. The molecule has 0 saturated carbocycles. The van der Waals surface area contributed by atoms with Crippen molar-refractivity contribution < 1.29 is 35.4 Å². The highest BCUT2D eigenvalue weighted by Gasteiger charge is 2.31. The molecule has 6 aromatic rings. The van der Waals surface area contributed by atoms with E-state index in [1.54, 1.807) is 29.2 Å². The lowest BCUT2D eigenvalue weighted by Gasteiger charge is -2.33. The third-order valence-corrected chi connectivity index (χ3v) is 8.85. The van der Waals surface area contributed by atoms with Gasteiger partial charge in [-0.05, 0) is 36.4 Å². The van der Waals surface area contributed by atoms with E-state index >= 15 is 0 Å². The van der Waals surface area contributed by atoms with E-state index in [2.05, 4.69) is 15.0 Å². The van der Waals surface area contributed by atoms with Crippen molar-refractivity contribution in [2.75, 3.05) is 4.90 Å². The summed E-state index contributed by atoms with van der Waals surface area (Å²) in [5.74, 6) is 0.989. The van der Waals surface area contributed by atoms with Gasteiger partial charge < -0.3 is 9.47 Å². The molecule has 0 spiro atoms. The SMILES string of the molecule is O=S(=O)(O)c1ccc2c(c1)Oc1cc(S(=O)(=O)O)ccc1N2c1ccccc1Oc1nc(-c2ccccc2)nc(-c2ccccc2)n1. The molecule has 5 aromatic carbocycles. The minimum Gasteiger partial charge on any atom is -0.453 e. The molecule has 2 N–H and O–H groups in total. The normalized spacial score (nSPS) is 12.5. The van der Waals surface area contributed by atoms with Gasteiger partial charge >= 0.3 is 6.01 Å². The molecule has 1 aliphatic rings. The molecule has 0 radical (unpaired) electrons. The second-order valence-corrected chi connectivity index (χ2v) is 13.1. The van der Waals surface area contributed by atoms with Crippen LogP contribution in [0.25, 0.3) is 22.8 Å². The zero-order chi connectivity index (χ0) is 32.8. The second kappa shape index (κ2) is 11.6. The van der Waals surface area contributed by atoms with Crippen LogP contribution in [0.2, 0.25) is 0 Å². The maximum atomic E-state index is 12.0. The van der Waals surface area contributed by atoms with Gasteiger partial charge in [0.2, 0.25) is 0 Å². The molecule has 14 heteroatoms. The summed E-state index contributed by atoms with van der Waals surface area (Å²) in [5, 5.41) is 0. The Morgan fingerprint density at radius 3 is 1.51 bits per heavy atom. The van der Waals surface area contributed by atoms with Gasteiger partial charge in [0.25, 0.3) is 20.2 Å². The van der Waals surface area contributed by atoms with Crippen molar-refractivity contribution >= 4 is 37.3 Å². The summed E-state index contributed by atoms with van der Waals surface area (Å²) in [6.45, 7) is 0. The maximum absolute atomic E-state index is 12.0. The molecule has 0 atom stereocenters. The number of hydrogen-bond acceptors (Lipinski definition) is 10. The van der Waals surface area contributed by atoms with E-state index in [-0.39, 0.29) is 23.3 Å². The number of para-hydroxylation sites is 2. The minimum atomic E-state index is -4.61. The number of hydrogen-bond donors (Lipinski definition) is 2. The number of fused-ring (bicyclic) bond motifs is 2. The number of benzene rings is 5. The minimum absolute atomic E-state index is 0.0118. The Kier molecular flexibility index (Phi) is 7.41. The molecule has 7 rings (SSSR count). The van der Waals surface area contributed by atoms with Crippen molar-refractivity contribution in [2.24, 2.45) is 0 Å².